The number of fused-ring (bicyclic) bond motifs is 1. The quantitative estimate of drug-likeness (QED) is 0.884. The van der Waals surface area contributed by atoms with Crippen LogP contribution in [0.4, 0.5) is 0 Å². The van der Waals surface area contributed by atoms with E-state index in [-0.39, 0.29) is 5.41 Å². The highest BCUT2D eigenvalue weighted by Crippen LogP contribution is 2.22. The van der Waals surface area contributed by atoms with Crippen LogP contribution >= 0.6 is 0 Å². The van der Waals surface area contributed by atoms with E-state index in [9.17, 15) is 0 Å². The number of aromatic nitrogens is 5. The number of tetrazole rings is 1. The fourth-order valence-corrected chi connectivity index (χ4v) is 2.08. The molecule has 0 radical (unpaired) electrons. The summed E-state index contributed by atoms with van der Waals surface area (Å²) < 4.78 is 1.76. The van der Waals surface area contributed by atoms with Crippen molar-refractivity contribution in [2.24, 2.45) is 5.41 Å². The molecule has 1 N–H and O–H groups in total. The zero-order valence-corrected chi connectivity index (χ0v) is 12.1. The smallest absolute Gasteiger partial charge is 0.197 e. The zero-order chi connectivity index (χ0) is 13.9. The second kappa shape index (κ2) is 5.61. The highest BCUT2D eigenvalue weighted by Gasteiger charge is 2.25. The molecule has 6 heteroatoms. The molecule has 2 aromatic heterocycles. The molecule has 6 nitrogen and oxygen atoms in total. The second-order valence-electron chi connectivity index (χ2n) is 5.92. The van der Waals surface area contributed by atoms with Crippen LogP contribution in [0.25, 0.3) is 5.65 Å². The average molecular weight is 262 g/mol. The van der Waals surface area contributed by atoms with E-state index in [1.54, 1.807) is 10.7 Å². The molecule has 19 heavy (non-hydrogen) atoms. The molecule has 0 saturated carbocycles. The van der Waals surface area contributed by atoms with E-state index in [1.165, 1.54) is 0 Å². The summed E-state index contributed by atoms with van der Waals surface area (Å²) in [6, 6.07) is 0.365. The zero-order valence-electron chi connectivity index (χ0n) is 12.1. The predicted molar refractivity (Wildman–Crippen MR) is 73.8 cm³/mol. The first-order valence-corrected chi connectivity index (χ1v) is 6.76. The van der Waals surface area contributed by atoms with Crippen molar-refractivity contribution in [3.05, 3.63) is 18.1 Å². The van der Waals surface area contributed by atoms with Gasteiger partial charge in [0.05, 0.1) is 11.9 Å². The number of hydrogen-bond acceptors (Lipinski definition) is 5. The molecule has 1 atom stereocenters. The molecule has 0 aliphatic carbocycles. The SMILES string of the molecule is CCCNC(Cc1cncc2nnnn12)C(C)(C)C. The predicted octanol–water partition coefficient (Wildman–Crippen LogP) is 1.48. The monoisotopic (exact) mass is 262 g/mol. The fraction of sp³-hybridized carbons (Fsp3) is 0.692. The fourth-order valence-electron chi connectivity index (χ4n) is 2.08. The van der Waals surface area contributed by atoms with Crippen LogP contribution in [0.2, 0.25) is 0 Å². The molecule has 2 rings (SSSR count). The van der Waals surface area contributed by atoms with Crippen molar-refractivity contribution in [1.82, 2.24) is 30.3 Å². The standard InChI is InChI=1S/C13H22N6/c1-5-6-15-11(13(2,3)4)7-10-8-14-9-12-16-17-18-19(10)12/h8-9,11,15H,5-7H2,1-4H3. The molecule has 0 aromatic carbocycles. The summed E-state index contributed by atoms with van der Waals surface area (Å²) in [5.41, 5.74) is 1.90. The Balaban J connectivity index is 2.23. The molecular weight excluding hydrogens is 240 g/mol. The van der Waals surface area contributed by atoms with Gasteiger partial charge in [-0.3, -0.25) is 4.98 Å². The van der Waals surface area contributed by atoms with Gasteiger partial charge in [0.1, 0.15) is 0 Å². The molecule has 0 aliphatic rings. The maximum Gasteiger partial charge on any atom is 0.197 e. The lowest BCUT2D eigenvalue weighted by Gasteiger charge is -2.31. The van der Waals surface area contributed by atoms with Gasteiger partial charge in [-0.25, -0.2) is 0 Å². The van der Waals surface area contributed by atoms with Gasteiger partial charge in [0.2, 0.25) is 0 Å². The summed E-state index contributed by atoms with van der Waals surface area (Å²) in [5, 5.41) is 15.3. The van der Waals surface area contributed by atoms with Crippen LogP contribution < -0.4 is 5.32 Å². The Morgan fingerprint density at radius 1 is 1.32 bits per heavy atom. The number of rotatable bonds is 5. The van der Waals surface area contributed by atoms with E-state index in [0.29, 0.717) is 11.7 Å². The van der Waals surface area contributed by atoms with Crippen LogP contribution in [-0.2, 0) is 6.42 Å². The van der Waals surface area contributed by atoms with Gasteiger partial charge in [-0.15, -0.1) is 5.10 Å². The summed E-state index contributed by atoms with van der Waals surface area (Å²) in [6.07, 6.45) is 5.50. The molecule has 0 amide bonds. The van der Waals surface area contributed by atoms with E-state index >= 15 is 0 Å². The van der Waals surface area contributed by atoms with E-state index in [4.69, 9.17) is 0 Å². The van der Waals surface area contributed by atoms with Crippen LogP contribution in [0.15, 0.2) is 12.4 Å². The molecule has 0 saturated heterocycles. The molecule has 0 spiro atoms. The average Bonchev–Trinajstić information content (AvgIpc) is 2.81. The lowest BCUT2D eigenvalue weighted by Crippen LogP contribution is -2.42. The maximum atomic E-state index is 4.21. The van der Waals surface area contributed by atoms with Gasteiger partial charge in [-0.05, 0) is 28.8 Å². The van der Waals surface area contributed by atoms with Crippen molar-refractivity contribution >= 4 is 5.65 Å². The van der Waals surface area contributed by atoms with Gasteiger partial charge in [0, 0.05) is 18.7 Å². The van der Waals surface area contributed by atoms with Crippen LogP contribution in [0.5, 0.6) is 0 Å². The minimum atomic E-state index is 0.172. The van der Waals surface area contributed by atoms with E-state index in [1.807, 2.05) is 6.20 Å². The Morgan fingerprint density at radius 3 is 2.79 bits per heavy atom. The highest BCUT2D eigenvalue weighted by molar-refractivity contribution is 5.32. The summed E-state index contributed by atoms with van der Waals surface area (Å²) in [7, 11) is 0. The first-order valence-electron chi connectivity index (χ1n) is 6.76. The highest BCUT2D eigenvalue weighted by atomic mass is 15.5. The summed E-state index contributed by atoms with van der Waals surface area (Å²) in [4.78, 5) is 4.21. The maximum absolute atomic E-state index is 4.21. The van der Waals surface area contributed by atoms with Crippen LogP contribution in [-0.4, -0.2) is 37.6 Å². The number of nitrogens with zero attached hydrogens (tertiary/aromatic N) is 5. The Hall–Kier alpha value is -1.56. The summed E-state index contributed by atoms with van der Waals surface area (Å²) in [6.45, 7) is 9.92. The van der Waals surface area contributed by atoms with Gasteiger partial charge >= 0.3 is 0 Å². The van der Waals surface area contributed by atoms with Crippen molar-refractivity contribution in [3.63, 3.8) is 0 Å². The summed E-state index contributed by atoms with van der Waals surface area (Å²) in [5.74, 6) is 0. The van der Waals surface area contributed by atoms with Crippen molar-refractivity contribution in [2.45, 2.75) is 46.6 Å². The third-order valence-electron chi connectivity index (χ3n) is 3.28. The molecule has 104 valence electrons. The number of nitrogens with one attached hydrogen (secondary N) is 1. The Labute approximate surface area is 113 Å². The van der Waals surface area contributed by atoms with Crippen molar-refractivity contribution in [3.8, 4) is 0 Å². The van der Waals surface area contributed by atoms with Crippen LogP contribution in [0.1, 0.15) is 39.8 Å². The molecule has 2 aromatic rings. The molecular formula is C13H22N6. The third-order valence-corrected chi connectivity index (χ3v) is 3.28. The summed E-state index contributed by atoms with van der Waals surface area (Å²) >= 11 is 0. The van der Waals surface area contributed by atoms with E-state index in [0.717, 1.165) is 25.1 Å². The van der Waals surface area contributed by atoms with Gasteiger partial charge in [-0.2, -0.15) is 4.52 Å². The van der Waals surface area contributed by atoms with Crippen molar-refractivity contribution in [1.29, 1.82) is 0 Å². The van der Waals surface area contributed by atoms with Crippen molar-refractivity contribution < 1.29 is 0 Å². The minimum absolute atomic E-state index is 0.172. The topological polar surface area (TPSA) is 68.0 Å². The van der Waals surface area contributed by atoms with Crippen LogP contribution in [0, 0.1) is 5.41 Å². The molecule has 1 unspecified atom stereocenters. The first-order chi connectivity index (χ1) is 9.02. The number of hydrogen-bond donors (Lipinski definition) is 1. The third kappa shape index (κ3) is 3.26. The Kier molecular flexibility index (Phi) is 4.09. The molecule has 0 aliphatic heterocycles. The van der Waals surface area contributed by atoms with Crippen LogP contribution in [0.3, 0.4) is 0 Å². The lowest BCUT2D eigenvalue weighted by atomic mass is 9.84. The van der Waals surface area contributed by atoms with Gasteiger partial charge < -0.3 is 5.32 Å². The molecule has 0 bridgehead atoms. The Morgan fingerprint density at radius 2 is 2.11 bits per heavy atom. The van der Waals surface area contributed by atoms with Gasteiger partial charge in [-0.1, -0.05) is 27.7 Å². The van der Waals surface area contributed by atoms with Gasteiger partial charge in [0.15, 0.2) is 5.65 Å². The van der Waals surface area contributed by atoms with Gasteiger partial charge in [0.25, 0.3) is 0 Å². The minimum Gasteiger partial charge on any atom is -0.313 e. The normalized spacial score (nSPS) is 13.9. The second-order valence-corrected chi connectivity index (χ2v) is 5.92. The largest absolute Gasteiger partial charge is 0.313 e. The molecule has 2 heterocycles. The Bertz CT molecular complexity index is 527. The molecule has 0 fully saturated rings. The first kappa shape index (κ1) is 13.9. The van der Waals surface area contributed by atoms with E-state index in [2.05, 4.69) is 53.5 Å². The van der Waals surface area contributed by atoms with Crippen molar-refractivity contribution in [2.75, 3.05) is 6.54 Å². The van der Waals surface area contributed by atoms with E-state index < -0.39 is 0 Å². The lowest BCUT2D eigenvalue weighted by molar-refractivity contribution is 0.264.